The maximum atomic E-state index is 5.17. The van der Waals surface area contributed by atoms with E-state index in [9.17, 15) is 0 Å². The van der Waals surface area contributed by atoms with Gasteiger partial charge in [0.05, 0.1) is 11.4 Å². The van der Waals surface area contributed by atoms with Crippen LogP contribution in [0.5, 0.6) is 0 Å². The maximum absolute atomic E-state index is 5.17. The van der Waals surface area contributed by atoms with Crippen molar-refractivity contribution in [3.63, 3.8) is 0 Å². The van der Waals surface area contributed by atoms with Gasteiger partial charge in [0.15, 0.2) is 0 Å². The minimum Gasteiger partial charge on any atom is -0.361 e. The lowest BCUT2D eigenvalue weighted by Gasteiger charge is -2.20. The lowest BCUT2D eigenvalue weighted by molar-refractivity contribution is 0.242. The van der Waals surface area contributed by atoms with Crippen molar-refractivity contribution in [3.05, 3.63) is 35.0 Å². The molecule has 126 valence electrons. The molecule has 0 unspecified atom stereocenters. The average molecular weight is 317 g/mol. The lowest BCUT2D eigenvalue weighted by Crippen LogP contribution is -2.30. The predicted molar refractivity (Wildman–Crippen MR) is 89.0 cm³/mol. The summed E-state index contributed by atoms with van der Waals surface area (Å²) in [5.74, 6) is 0.889. The van der Waals surface area contributed by atoms with E-state index >= 15 is 0 Å². The van der Waals surface area contributed by atoms with Crippen LogP contribution in [-0.4, -0.2) is 50.9 Å². The highest BCUT2D eigenvalue weighted by Gasteiger charge is 2.17. The highest BCUT2D eigenvalue weighted by Crippen LogP contribution is 2.14. The van der Waals surface area contributed by atoms with Crippen LogP contribution >= 0.6 is 0 Å². The molecule has 23 heavy (non-hydrogen) atoms. The summed E-state index contributed by atoms with van der Waals surface area (Å²) in [6.07, 6.45) is 3.38. The molecular formula is C17H27N5O. The van der Waals surface area contributed by atoms with Crippen LogP contribution in [0.4, 0.5) is 0 Å². The molecule has 0 aromatic carbocycles. The highest BCUT2D eigenvalue weighted by atomic mass is 16.5. The van der Waals surface area contributed by atoms with Gasteiger partial charge in [-0.25, -0.2) is 0 Å². The fourth-order valence-corrected chi connectivity index (χ4v) is 3.18. The molecule has 0 saturated carbocycles. The molecule has 1 aliphatic heterocycles. The van der Waals surface area contributed by atoms with Gasteiger partial charge in [-0.3, -0.25) is 14.5 Å². The van der Waals surface area contributed by atoms with Crippen LogP contribution in [0.3, 0.4) is 0 Å². The van der Waals surface area contributed by atoms with Gasteiger partial charge in [0.25, 0.3) is 0 Å². The van der Waals surface area contributed by atoms with Gasteiger partial charge in [0.2, 0.25) is 0 Å². The monoisotopic (exact) mass is 317 g/mol. The molecule has 0 bridgehead atoms. The van der Waals surface area contributed by atoms with Crippen LogP contribution in [0, 0.1) is 13.8 Å². The zero-order chi connectivity index (χ0) is 16.2. The largest absolute Gasteiger partial charge is 0.361 e. The molecule has 1 aliphatic rings. The summed E-state index contributed by atoms with van der Waals surface area (Å²) in [5, 5.41) is 8.66. The smallest absolute Gasteiger partial charge is 0.133 e. The van der Waals surface area contributed by atoms with E-state index in [1.54, 1.807) is 0 Å². The summed E-state index contributed by atoms with van der Waals surface area (Å²) in [5.41, 5.74) is 3.55. The molecule has 0 amide bonds. The van der Waals surface area contributed by atoms with Gasteiger partial charge >= 0.3 is 0 Å². The van der Waals surface area contributed by atoms with Crippen molar-refractivity contribution in [2.24, 2.45) is 0 Å². The summed E-state index contributed by atoms with van der Waals surface area (Å²) in [6, 6.07) is 2.03. The summed E-state index contributed by atoms with van der Waals surface area (Å²) in [7, 11) is 0. The Balaban J connectivity index is 1.54. The second-order valence-corrected chi connectivity index (χ2v) is 6.43. The first-order valence-electron chi connectivity index (χ1n) is 8.54. The van der Waals surface area contributed by atoms with Gasteiger partial charge in [-0.2, -0.15) is 5.10 Å². The van der Waals surface area contributed by atoms with Gasteiger partial charge in [0, 0.05) is 50.6 Å². The molecule has 1 fully saturated rings. The van der Waals surface area contributed by atoms with E-state index in [4.69, 9.17) is 4.52 Å². The van der Waals surface area contributed by atoms with Gasteiger partial charge in [0.1, 0.15) is 5.76 Å². The van der Waals surface area contributed by atoms with Crippen molar-refractivity contribution in [2.75, 3.05) is 26.2 Å². The first-order valence-corrected chi connectivity index (χ1v) is 8.54. The quantitative estimate of drug-likeness (QED) is 0.846. The molecule has 0 radical (unpaired) electrons. The fourth-order valence-electron chi connectivity index (χ4n) is 3.18. The minimum atomic E-state index is 0.887. The lowest BCUT2D eigenvalue weighted by atomic mass is 10.2. The number of hydrogen-bond acceptors (Lipinski definition) is 5. The molecule has 2 aromatic rings. The number of aromatic nitrogens is 3. The van der Waals surface area contributed by atoms with E-state index in [-0.39, 0.29) is 0 Å². The third-order valence-electron chi connectivity index (χ3n) is 4.51. The second-order valence-electron chi connectivity index (χ2n) is 6.43. The Bertz CT molecular complexity index is 633. The summed E-state index contributed by atoms with van der Waals surface area (Å²) in [4.78, 5) is 5.01. The first kappa shape index (κ1) is 16.2. The van der Waals surface area contributed by atoms with E-state index < -0.39 is 0 Å². The van der Waals surface area contributed by atoms with Crippen molar-refractivity contribution >= 4 is 0 Å². The standard InChI is InChI=1S/C17H27N5O/c1-4-22-12-16(15(3)18-22)11-20-6-5-7-21(9-8-20)13-17-10-14(2)23-19-17/h10,12H,4-9,11,13H2,1-3H3. The molecule has 0 atom stereocenters. The van der Waals surface area contributed by atoms with Crippen molar-refractivity contribution < 1.29 is 4.52 Å². The van der Waals surface area contributed by atoms with Gasteiger partial charge in [-0.1, -0.05) is 5.16 Å². The normalized spacial score (nSPS) is 17.5. The van der Waals surface area contributed by atoms with E-state index in [2.05, 4.69) is 40.1 Å². The zero-order valence-corrected chi connectivity index (χ0v) is 14.5. The van der Waals surface area contributed by atoms with Gasteiger partial charge in [-0.15, -0.1) is 0 Å². The Morgan fingerprint density at radius 2 is 1.83 bits per heavy atom. The van der Waals surface area contributed by atoms with Crippen molar-refractivity contribution in [3.8, 4) is 0 Å². The molecule has 0 N–H and O–H groups in total. The van der Waals surface area contributed by atoms with E-state index in [1.807, 2.05) is 17.7 Å². The summed E-state index contributed by atoms with van der Waals surface area (Å²) in [6.45, 7) is 13.4. The van der Waals surface area contributed by atoms with Crippen LogP contribution in [0.2, 0.25) is 0 Å². The third kappa shape index (κ3) is 4.20. The topological polar surface area (TPSA) is 50.3 Å². The molecule has 0 spiro atoms. The fraction of sp³-hybridized carbons (Fsp3) is 0.647. The third-order valence-corrected chi connectivity index (χ3v) is 4.51. The van der Waals surface area contributed by atoms with Crippen LogP contribution < -0.4 is 0 Å². The van der Waals surface area contributed by atoms with E-state index in [0.717, 1.165) is 63.0 Å². The molecule has 0 aliphatic carbocycles. The molecular weight excluding hydrogens is 290 g/mol. The molecule has 2 aromatic heterocycles. The summed E-state index contributed by atoms with van der Waals surface area (Å²) >= 11 is 0. The predicted octanol–water partition coefficient (Wildman–Crippen LogP) is 2.22. The number of nitrogens with zero attached hydrogens (tertiary/aromatic N) is 5. The Morgan fingerprint density at radius 1 is 1.09 bits per heavy atom. The number of rotatable bonds is 5. The zero-order valence-electron chi connectivity index (χ0n) is 14.5. The highest BCUT2D eigenvalue weighted by molar-refractivity contribution is 5.15. The van der Waals surface area contributed by atoms with Gasteiger partial charge < -0.3 is 4.52 Å². The number of hydrogen-bond donors (Lipinski definition) is 0. The molecule has 6 heteroatoms. The van der Waals surface area contributed by atoms with Crippen molar-refractivity contribution in [1.29, 1.82) is 0 Å². The Hall–Kier alpha value is -1.66. The average Bonchev–Trinajstić information content (AvgIpc) is 3.01. The van der Waals surface area contributed by atoms with Crippen LogP contribution in [0.15, 0.2) is 16.8 Å². The molecule has 3 heterocycles. The van der Waals surface area contributed by atoms with E-state index in [0.29, 0.717) is 0 Å². The maximum Gasteiger partial charge on any atom is 0.133 e. The number of aryl methyl sites for hydroxylation is 3. The SMILES string of the molecule is CCn1cc(CN2CCCN(Cc3cc(C)on3)CC2)c(C)n1. The van der Waals surface area contributed by atoms with Crippen LogP contribution in [0.25, 0.3) is 0 Å². The molecule has 6 nitrogen and oxygen atoms in total. The minimum absolute atomic E-state index is 0.887. The van der Waals surface area contributed by atoms with Crippen LogP contribution in [0.1, 0.15) is 36.1 Å². The molecule has 1 saturated heterocycles. The summed E-state index contributed by atoms with van der Waals surface area (Å²) < 4.78 is 7.20. The Labute approximate surface area is 138 Å². The Kier molecular flexibility index (Phi) is 5.13. The second kappa shape index (κ2) is 7.27. The Morgan fingerprint density at radius 3 is 2.43 bits per heavy atom. The molecule has 3 rings (SSSR count). The van der Waals surface area contributed by atoms with Gasteiger partial charge in [-0.05, 0) is 40.3 Å². The van der Waals surface area contributed by atoms with Crippen LogP contribution in [-0.2, 0) is 19.6 Å². The van der Waals surface area contributed by atoms with Crippen molar-refractivity contribution in [1.82, 2.24) is 24.7 Å². The van der Waals surface area contributed by atoms with E-state index in [1.165, 1.54) is 12.0 Å². The van der Waals surface area contributed by atoms with Crippen molar-refractivity contribution in [2.45, 2.75) is 46.8 Å². The first-order chi connectivity index (χ1) is 11.1.